The summed E-state index contributed by atoms with van der Waals surface area (Å²) in [5.74, 6) is -0.163. The molecule has 0 heterocycles. The number of nitrogens with two attached hydrogens (primary N) is 1. The van der Waals surface area contributed by atoms with Crippen molar-refractivity contribution in [3.8, 4) is 0 Å². The number of ether oxygens (including phenoxy) is 1. The van der Waals surface area contributed by atoms with Gasteiger partial charge in [0.15, 0.2) is 5.84 Å². The van der Waals surface area contributed by atoms with Crippen LogP contribution in [0.2, 0.25) is 0 Å². The Bertz CT molecular complexity index is 573. The Kier molecular flexibility index (Phi) is 4.21. The highest BCUT2D eigenvalue weighted by atomic mass is 16.6. The summed E-state index contributed by atoms with van der Waals surface area (Å²) in [4.78, 5) is 12.2. The van der Waals surface area contributed by atoms with Crippen LogP contribution in [0.5, 0.6) is 0 Å². The summed E-state index contributed by atoms with van der Waals surface area (Å²) >= 11 is 0. The van der Waals surface area contributed by atoms with E-state index in [2.05, 4.69) is 5.16 Å². The molecule has 5 nitrogen and oxygen atoms in total. The molecule has 1 atom stereocenters. The van der Waals surface area contributed by atoms with Crippen LogP contribution in [0.25, 0.3) is 0 Å². The minimum atomic E-state index is -0.465. The van der Waals surface area contributed by atoms with Crippen molar-refractivity contribution in [2.75, 3.05) is 0 Å². The summed E-state index contributed by atoms with van der Waals surface area (Å²) in [6.45, 7) is 5.62. The average Bonchev–Trinajstić information content (AvgIpc) is 2.43. The second-order valence-electron chi connectivity index (χ2n) is 6.40. The second-order valence-corrected chi connectivity index (χ2v) is 6.40. The van der Waals surface area contributed by atoms with Crippen molar-refractivity contribution in [1.29, 1.82) is 0 Å². The predicted molar refractivity (Wildman–Crippen MR) is 80.3 cm³/mol. The van der Waals surface area contributed by atoms with Crippen LogP contribution in [0, 0.1) is 5.92 Å². The van der Waals surface area contributed by atoms with Gasteiger partial charge in [0.05, 0.1) is 5.92 Å². The molecule has 0 aliphatic heterocycles. The van der Waals surface area contributed by atoms with E-state index in [1.54, 1.807) is 0 Å². The summed E-state index contributed by atoms with van der Waals surface area (Å²) in [7, 11) is 0. The van der Waals surface area contributed by atoms with Crippen molar-refractivity contribution in [2.24, 2.45) is 16.8 Å². The minimum absolute atomic E-state index is 0.113. The van der Waals surface area contributed by atoms with Crippen LogP contribution in [-0.2, 0) is 22.4 Å². The van der Waals surface area contributed by atoms with Crippen molar-refractivity contribution in [3.63, 3.8) is 0 Å². The van der Waals surface area contributed by atoms with Gasteiger partial charge in [0.2, 0.25) is 0 Å². The summed E-state index contributed by atoms with van der Waals surface area (Å²) in [5.41, 5.74) is 8.12. The first-order valence-electron chi connectivity index (χ1n) is 7.13. The number of amidine groups is 1. The SMILES string of the molecule is CC(C)(C)OC(=O)[C@H]1CCc2c(cccc2/C(N)=N\O)C1. The summed E-state index contributed by atoms with van der Waals surface area (Å²) in [6, 6.07) is 5.69. The Morgan fingerprint density at radius 2 is 2.14 bits per heavy atom. The maximum Gasteiger partial charge on any atom is 0.309 e. The van der Waals surface area contributed by atoms with E-state index in [-0.39, 0.29) is 17.7 Å². The van der Waals surface area contributed by atoms with Crippen LogP contribution < -0.4 is 5.73 Å². The average molecular weight is 290 g/mol. The van der Waals surface area contributed by atoms with E-state index >= 15 is 0 Å². The van der Waals surface area contributed by atoms with Gasteiger partial charge in [-0.25, -0.2) is 0 Å². The molecule has 1 aliphatic carbocycles. The van der Waals surface area contributed by atoms with E-state index in [0.717, 1.165) is 29.5 Å². The number of hydrogen-bond donors (Lipinski definition) is 2. The lowest BCUT2D eigenvalue weighted by Crippen LogP contribution is -2.32. The molecule has 2 rings (SSSR count). The predicted octanol–water partition coefficient (Wildman–Crippen LogP) is 2.23. The van der Waals surface area contributed by atoms with Crippen molar-refractivity contribution in [1.82, 2.24) is 0 Å². The Balaban J connectivity index is 2.20. The van der Waals surface area contributed by atoms with E-state index in [1.165, 1.54) is 0 Å². The van der Waals surface area contributed by atoms with Crippen LogP contribution in [0.15, 0.2) is 23.4 Å². The number of benzene rings is 1. The van der Waals surface area contributed by atoms with Crippen LogP contribution in [0.1, 0.15) is 43.9 Å². The molecule has 0 bridgehead atoms. The van der Waals surface area contributed by atoms with Gasteiger partial charge in [-0.15, -0.1) is 0 Å². The second kappa shape index (κ2) is 5.76. The van der Waals surface area contributed by atoms with Crippen LogP contribution in [0.4, 0.5) is 0 Å². The molecule has 0 radical (unpaired) electrons. The van der Waals surface area contributed by atoms with Crippen molar-refractivity contribution in [2.45, 2.75) is 45.6 Å². The van der Waals surface area contributed by atoms with Gasteiger partial charge in [-0.2, -0.15) is 0 Å². The van der Waals surface area contributed by atoms with Gasteiger partial charge < -0.3 is 15.7 Å². The lowest BCUT2D eigenvalue weighted by molar-refractivity contribution is -0.160. The Hall–Kier alpha value is -2.04. The van der Waals surface area contributed by atoms with Gasteiger partial charge >= 0.3 is 5.97 Å². The first kappa shape index (κ1) is 15.4. The number of fused-ring (bicyclic) bond motifs is 1. The summed E-state index contributed by atoms with van der Waals surface area (Å²) in [5, 5.41) is 11.9. The molecule has 1 aliphatic rings. The molecule has 5 heteroatoms. The lowest BCUT2D eigenvalue weighted by Gasteiger charge is -2.28. The molecule has 0 unspecified atom stereocenters. The standard InChI is InChI=1S/C16H22N2O3/c1-16(2,3)21-15(19)11-7-8-12-10(9-11)5-4-6-13(12)14(17)18-20/h4-6,11,20H,7-9H2,1-3H3,(H2,17,18)/t11-/m0/s1. The molecule has 1 aromatic rings. The number of carbonyl (C=O) groups is 1. The molecular weight excluding hydrogens is 268 g/mol. The third-order valence-corrected chi connectivity index (χ3v) is 3.61. The van der Waals surface area contributed by atoms with Gasteiger partial charge in [-0.3, -0.25) is 4.79 Å². The molecule has 0 aromatic heterocycles. The normalized spacial score (nSPS) is 19.0. The number of esters is 1. The smallest absolute Gasteiger partial charge is 0.309 e. The maximum absolute atomic E-state index is 12.2. The van der Waals surface area contributed by atoms with E-state index in [0.29, 0.717) is 6.42 Å². The Morgan fingerprint density at radius 1 is 1.43 bits per heavy atom. The largest absolute Gasteiger partial charge is 0.460 e. The van der Waals surface area contributed by atoms with Crippen LogP contribution >= 0.6 is 0 Å². The highest BCUT2D eigenvalue weighted by Gasteiger charge is 2.30. The molecule has 0 spiro atoms. The number of hydrogen-bond acceptors (Lipinski definition) is 4. The summed E-state index contributed by atoms with van der Waals surface area (Å²) in [6.07, 6.45) is 2.08. The fourth-order valence-corrected chi connectivity index (χ4v) is 2.69. The zero-order valence-electron chi connectivity index (χ0n) is 12.7. The monoisotopic (exact) mass is 290 g/mol. The van der Waals surface area contributed by atoms with E-state index < -0.39 is 5.60 Å². The third kappa shape index (κ3) is 3.54. The molecule has 0 saturated heterocycles. The first-order chi connectivity index (χ1) is 9.81. The molecule has 0 amide bonds. The van der Waals surface area contributed by atoms with E-state index in [1.807, 2.05) is 39.0 Å². The number of oxime groups is 1. The van der Waals surface area contributed by atoms with Crippen molar-refractivity contribution >= 4 is 11.8 Å². The van der Waals surface area contributed by atoms with Crippen LogP contribution in [0.3, 0.4) is 0 Å². The lowest BCUT2D eigenvalue weighted by atomic mass is 9.81. The quantitative estimate of drug-likeness (QED) is 0.287. The highest BCUT2D eigenvalue weighted by molar-refractivity contribution is 5.98. The maximum atomic E-state index is 12.2. The number of carbonyl (C=O) groups excluding carboxylic acids is 1. The van der Waals surface area contributed by atoms with E-state index in [9.17, 15) is 4.79 Å². The topological polar surface area (TPSA) is 84.9 Å². The Labute approximate surface area is 124 Å². The number of nitrogens with zero attached hydrogens (tertiary/aromatic N) is 1. The van der Waals surface area contributed by atoms with Gasteiger partial charge in [-0.05, 0) is 51.2 Å². The first-order valence-corrected chi connectivity index (χ1v) is 7.13. The van der Waals surface area contributed by atoms with Crippen molar-refractivity contribution in [3.05, 3.63) is 34.9 Å². The molecule has 0 fully saturated rings. The molecular formula is C16H22N2O3. The zero-order chi connectivity index (χ0) is 15.6. The molecule has 0 saturated carbocycles. The fraction of sp³-hybridized carbons (Fsp3) is 0.500. The van der Waals surface area contributed by atoms with E-state index in [4.69, 9.17) is 15.7 Å². The molecule has 3 N–H and O–H groups in total. The Morgan fingerprint density at radius 3 is 2.76 bits per heavy atom. The van der Waals surface area contributed by atoms with Gasteiger partial charge in [0.25, 0.3) is 0 Å². The minimum Gasteiger partial charge on any atom is -0.460 e. The number of rotatable bonds is 2. The molecule has 1 aromatic carbocycles. The summed E-state index contributed by atoms with van der Waals surface area (Å²) < 4.78 is 5.46. The molecule has 114 valence electrons. The highest BCUT2D eigenvalue weighted by Crippen LogP contribution is 2.29. The zero-order valence-corrected chi connectivity index (χ0v) is 12.7. The van der Waals surface area contributed by atoms with Gasteiger partial charge in [0, 0.05) is 5.56 Å². The van der Waals surface area contributed by atoms with Gasteiger partial charge in [0.1, 0.15) is 5.60 Å². The van der Waals surface area contributed by atoms with Crippen molar-refractivity contribution < 1.29 is 14.7 Å². The van der Waals surface area contributed by atoms with Gasteiger partial charge in [-0.1, -0.05) is 23.4 Å². The fourth-order valence-electron chi connectivity index (χ4n) is 2.69. The van der Waals surface area contributed by atoms with Crippen LogP contribution in [-0.4, -0.2) is 22.6 Å². The molecule has 21 heavy (non-hydrogen) atoms. The third-order valence-electron chi connectivity index (χ3n) is 3.61.